The van der Waals surface area contributed by atoms with Crippen molar-refractivity contribution in [2.75, 3.05) is 0 Å². The molecule has 21 heavy (non-hydrogen) atoms. The lowest BCUT2D eigenvalue weighted by atomic mass is 10.1. The number of hydrogen-bond acceptors (Lipinski definition) is 5. The second-order valence-electron chi connectivity index (χ2n) is 4.14. The molecule has 0 fully saturated rings. The van der Waals surface area contributed by atoms with Gasteiger partial charge >= 0.3 is 5.97 Å². The van der Waals surface area contributed by atoms with Crippen LogP contribution in [0.2, 0.25) is 0 Å². The molecule has 0 amide bonds. The summed E-state index contributed by atoms with van der Waals surface area (Å²) in [6.07, 6.45) is 1.04. The third-order valence-corrected chi connectivity index (χ3v) is 3.15. The van der Waals surface area contributed by atoms with Gasteiger partial charge in [0, 0.05) is 6.07 Å². The number of nitro groups is 1. The molecule has 1 N–H and O–H groups in total. The van der Waals surface area contributed by atoms with E-state index in [0.29, 0.717) is 0 Å². The molecule has 0 aliphatic rings. The first-order valence-corrected chi connectivity index (χ1v) is 6.49. The van der Waals surface area contributed by atoms with E-state index in [-0.39, 0.29) is 27.4 Å². The van der Waals surface area contributed by atoms with Gasteiger partial charge in [-0.1, -0.05) is 6.07 Å². The Morgan fingerprint density at radius 2 is 2.14 bits per heavy atom. The third-order valence-electron chi connectivity index (χ3n) is 2.58. The second kappa shape index (κ2) is 5.88. The van der Waals surface area contributed by atoms with Gasteiger partial charge in [0.05, 0.1) is 9.40 Å². The van der Waals surface area contributed by atoms with Crippen LogP contribution < -0.4 is 4.74 Å². The molecule has 0 bridgehead atoms. The van der Waals surface area contributed by atoms with Gasteiger partial charge in [0.1, 0.15) is 17.5 Å². The lowest BCUT2D eigenvalue weighted by Gasteiger charge is -2.09. The summed E-state index contributed by atoms with van der Waals surface area (Å²) >= 11 is 3.11. The molecule has 0 saturated heterocycles. The average Bonchev–Trinajstić information content (AvgIpc) is 2.40. The fourth-order valence-electron chi connectivity index (χ4n) is 1.59. The van der Waals surface area contributed by atoms with Crippen LogP contribution in [0.1, 0.15) is 15.9 Å². The van der Waals surface area contributed by atoms with Crippen LogP contribution >= 0.6 is 15.9 Å². The zero-order valence-corrected chi connectivity index (χ0v) is 12.3. The zero-order chi connectivity index (χ0) is 15.6. The number of carboxylic acids is 1. The highest BCUT2D eigenvalue weighted by Gasteiger charge is 2.16. The fraction of sp³-hybridized carbons (Fsp3) is 0.0769. The molecular weight excluding hydrogens is 344 g/mol. The normalized spacial score (nSPS) is 10.2. The molecule has 1 aromatic heterocycles. The lowest BCUT2D eigenvalue weighted by molar-refractivity contribution is -0.385. The van der Waals surface area contributed by atoms with Crippen LogP contribution in [-0.4, -0.2) is 21.0 Å². The predicted octanol–water partition coefficient (Wildman–Crippen LogP) is 3.55. The number of carboxylic acid groups (broad SMARTS) is 1. The molecule has 2 aromatic rings. The molecule has 0 saturated carbocycles. The molecule has 1 heterocycles. The molecule has 2 rings (SSSR count). The number of halogens is 1. The Labute approximate surface area is 127 Å². The lowest BCUT2D eigenvalue weighted by Crippen LogP contribution is -2.01. The number of ether oxygens (including phenoxy) is 1. The van der Waals surface area contributed by atoms with E-state index in [0.717, 1.165) is 11.8 Å². The van der Waals surface area contributed by atoms with Gasteiger partial charge in [0.15, 0.2) is 0 Å². The molecule has 0 radical (unpaired) electrons. The van der Waals surface area contributed by atoms with E-state index in [9.17, 15) is 14.9 Å². The van der Waals surface area contributed by atoms with Crippen molar-refractivity contribution >= 4 is 27.6 Å². The van der Waals surface area contributed by atoms with Gasteiger partial charge in [0.25, 0.3) is 5.69 Å². The van der Waals surface area contributed by atoms with Gasteiger partial charge in [-0.05, 0) is 40.5 Å². The monoisotopic (exact) mass is 352 g/mol. The number of carbonyl (C=O) groups is 1. The fourth-order valence-corrected chi connectivity index (χ4v) is 2.00. The topological polar surface area (TPSA) is 103 Å². The number of aromatic nitrogens is 1. The smallest absolute Gasteiger partial charge is 0.339 e. The van der Waals surface area contributed by atoms with Crippen LogP contribution in [0.3, 0.4) is 0 Å². The number of rotatable bonds is 4. The molecule has 0 unspecified atom stereocenters. The summed E-state index contributed by atoms with van der Waals surface area (Å²) in [7, 11) is 0. The molecule has 8 heteroatoms. The maximum absolute atomic E-state index is 11.2. The Hall–Kier alpha value is -2.48. The number of aryl methyl sites for hydroxylation is 1. The Kier molecular flexibility index (Phi) is 4.18. The minimum atomic E-state index is -1.14. The van der Waals surface area contributed by atoms with Crippen LogP contribution in [-0.2, 0) is 0 Å². The summed E-state index contributed by atoms with van der Waals surface area (Å²) in [5, 5.41) is 19.8. The second-order valence-corrected chi connectivity index (χ2v) is 5.00. The van der Waals surface area contributed by atoms with Gasteiger partial charge in [-0.25, -0.2) is 9.78 Å². The summed E-state index contributed by atoms with van der Waals surface area (Å²) in [6.45, 7) is 1.79. The SMILES string of the molecule is Cc1ccc(C(=O)O)c(Oc2ncc([N+](=O)[O-])cc2Br)c1. The van der Waals surface area contributed by atoms with Crippen molar-refractivity contribution in [3.63, 3.8) is 0 Å². The zero-order valence-electron chi connectivity index (χ0n) is 10.7. The minimum absolute atomic E-state index is 0.0207. The van der Waals surface area contributed by atoms with Crippen LogP contribution in [0.25, 0.3) is 0 Å². The van der Waals surface area contributed by atoms with Gasteiger partial charge in [-0.15, -0.1) is 0 Å². The summed E-state index contributed by atoms with van der Waals surface area (Å²) in [6, 6.07) is 5.86. The van der Waals surface area contributed by atoms with Gasteiger partial charge < -0.3 is 9.84 Å². The third kappa shape index (κ3) is 3.34. The number of hydrogen-bond donors (Lipinski definition) is 1. The Morgan fingerprint density at radius 1 is 1.43 bits per heavy atom. The van der Waals surface area contributed by atoms with Crippen molar-refractivity contribution < 1.29 is 19.6 Å². The van der Waals surface area contributed by atoms with Crippen LogP contribution in [0, 0.1) is 17.0 Å². The van der Waals surface area contributed by atoms with E-state index in [2.05, 4.69) is 20.9 Å². The van der Waals surface area contributed by atoms with Crippen LogP contribution in [0.15, 0.2) is 34.9 Å². The molecule has 1 aromatic carbocycles. The summed E-state index contributed by atoms with van der Waals surface area (Å²) in [4.78, 5) is 25.0. The maximum atomic E-state index is 11.2. The van der Waals surface area contributed by atoms with Crippen LogP contribution in [0.5, 0.6) is 11.6 Å². The van der Waals surface area contributed by atoms with Crippen molar-refractivity contribution in [3.05, 3.63) is 56.2 Å². The minimum Gasteiger partial charge on any atom is -0.478 e. The van der Waals surface area contributed by atoms with Gasteiger partial charge in [-0.2, -0.15) is 0 Å². The highest BCUT2D eigenvalue weighted by atomic mass is 79.9. The van der Waals surface area contributed by atoms with E-state index < -0.39 is 10.9 Å². The number of aromatic carboxylic acids is 1. The Balaban J connectivity index is 2.40. The largest absolute Gasteiger partial charge is 0.478 e. The van der Waals surface area contributed by atoms with Crippen molar-refractivity contribution in [1.82, 2.24) is 4.98 Å². The van der Waals surface area contributed by atoms with E-state index in [1.165, 1.54) is 12.1 Å². The molecule has 0 spiro atoms. The standard InChI is InChI=1S/C13H9BrN2O5/c1-7-2-3-9(13(17)18)11(4-7)21-12-10(14)5-8(6-15-12)16(19)20/h2-6H,1H3,(H,17,18). The molecular formula is C13H9BrN2O5. The Morgan fingerprint density at radius 3 is 2.71 bits per heavy atom. The first kappa shape index (κ1) is 14.9. The van der Waals surface area contributed by atoms with E-state index >= 15 is 0 Å². The highest BCUT2D eigenvalue weighted by molar-refractivity contribution is 9.10. The van der Waals surface area contributed by atoms with E-state index in [4.69, 9.17) is 9.84 Å². The molecule has 0 aliphatic carbocycles. The van der Waals surface area contributed by atoms with E-state index in [1.807, 2.05) is 0 Å². The Bertz CT molecular complexity index is 732. The summed E-state index contributed by atoms with van der Waals surface area (Å²) in [5.41, 5.74) is 0.595. The van der Waals surface area contributed by atoms with Crippen molar-refractivity contribution in [2.45, 2.75) is 6.92 Å². The maximum Gasteiger partial charge on any atom is 0.339 e. The first-order chi connectivity index (χ1) is 9.88. The average molecular weight is 353 g/mol. The highest BCUT2D eigenvalue weighted by Crippen LogP contribution is 2.32. The summed E-state index contributed by atoms with van der Waals surface area (Å²) in [5.74, 6) is -0.971. The molecule has 0 atom stereocenters. The molecule has 108 valence electrons. The first-order valence-electron chi connectivity index (χ1n) is 5.70. The quantitative estimate of drug-likeness (QED) is 0.666. The van der Waals surface area contributed by atoms with Gasteiger partial charge in [-0.3, -0.25) is 10.1 Å². The summed E-state index contributed by atoms with van der Waals surface area (Å²) < 4.78 is 5.71. The molecule has 0 aliphatic heterocycles. The van der Waals surface area contributed by atoms with Crippen LogP contribution in [0.4, 0.5) is 5.69 Å². The van der Waals surface area contributed by atoms with Gasteiger partial charge in [0.2, 0.25) is 5.88 Å². The van der Waals surface area contributed by atoms with E-state index in [1.54, 1.807) is 19.1 Å². The molecule has 7 nitrogen and oxygen atoms in total. The van der Waals surface area contributed by atoms with Crippen molar-refractivity contribution in [3.8, 4) is 11.6 Å². The predicted molar refractivity (Wildman–Crippen MR) is 76.8 cm³/mol. The number of nitrogens with zero attached hydrogens (tertiary/aromatic N) is 2. The number of pyridine rings is 1. The number of benzene rings is 1. The van der Waals surface area contributed by atoms with Crippen molar-refractivity contribution in [2.24, 2.45) is 0 Å². The van der Waals surface area contributed by atoms with Crippen molar-refractivity contribution in [1.29, 1.82) is 0 Å².